The number of aromatic amines is 1. The van der Waals surface area contributed by atoms with Gasteiger partial charge in [-0.1, -0.05) is 0 Å². The molecule has 1 amide bonds. The lowest BCUT2D eigenvalue weighted by Crippen LogP contribution is -2.36. The van der Waals surface area contributed by atoms with Crippen molar-refractivity contribution in [3.8, 4) is 5.75 Å². The Morgan fingerprint density at radius 1 is 1.35 bits per heavy atom. The molecule has 26 heavy (non-hydrogen) atoms. The normalized spacial score (nSPS) is 17.8. The summed E-state index contributed by atoms with van der Waals surface area (Å²) >= 11 is 0. The molecule has 140 valence electrons. The maximum atomic E-state index is 12.5. The van der Waals surface area contributed by atoms with Crippen LogP contribution >= 0.6 is 0 Å². The van der Waals surface area contributed by atoms with Crippen LogP contribution in [-0.4, -0.2) is 61.5 Å². The standard InChI is InChI=1S/C19H26N4O3/c1-25-11-10-23-9-3-4-15(13-23)18-17(12-20-22-18)21-19(24)14-5-7-16(26-2)8-6-14/h5-8,12,15H,3-4,9-11,13H2,1-2H3,(H,20,22)(H,21,24). The van der Waals surface area contributed by atoms with Crippen LogP contribution in [0.1, 0.15) is 34.8 Å². The Kier molecular flexibility index (Phi) is 6.25. The quantitative estimate of drug-likeness (QED) is 0.795. The second kappa shape index (κ2) is 8.82. The van der Waals surface area contributed by atoms with Crippen LogP contribution in [0.2, 0.25) is 0 Å². The van der Waals surface area contributed by atoms with Crippen molar-refractivity contribution in [3.63, 3.8) is 0 Å². The SMILES string of the molecule is COCCN1CCCC(c2[nH]ncc2NC(=O)c2ccc(OC)cc2)C1. The van der Waals surface area contributed by atoms with Crippen molar-refractivity contribution in [2.45, 2.75) is 18.8 Å². The number of carbonyl (C=O) groups is 1. The molecule has 2 heterocycles. The molecule has 2 aromatic rings. The number of rotatable bonds is 7. The first-order valence-corrected chi connectivity index (χ1v) is 8.91. The lowest BCUT2D eigenvalue weighted by Gasteiger charge is -2.32. The maximum Gasteiger partial charge on any atom is 0.255 e. The van der Waals surface area contributed by atoms with E-state index in [0.717, 1.165) is 56.2 Å². The monoisotopic (exact) mass is 358 g/mol. The van der Waals surface area contributed by atoms with Crippen LogP contribution in [-0.2, 0) is 4.74 Å². The number of amides is 1. The highest BCUT2D eigenvalue weighted by molar-refractivity contribution is 6.04. The topological polar surface area (TPSA) is 79.5 Å². The van der Waals surface area contributed by atoms with Crippen molar-refractivity contribution < 1.29 is 14.3 Å². The van der Waals surface area contributed by atoms with Gasteiger partial charge in [0, 0.05) is 31.7 Å². The number of methoxy groups -OCH3 is 2. The molecular weight excluding hydrogens is 332 g/mol. The number of ether oxygens (including phenoxy) is 2. The molecule has 1 aromatic carbocycles. The molecule has 7 heteroatoms. The highest BCUT2D eigenvalue weighted by atomic mass is 16.5. The van der Waals surface area contributed by atoms with Crippen LogP contribution < -0.4 is 10.1 Å². The number of H-pyrrole nitrogens is 1. The second-order valence-corrected chi connectivity index (χ2v) is 6.51. The van der Waals surface area contributed by atoms with Crippen molar-refractivity contribution >= 4 is 11.6 Å². The average molecular weight is 358 g/mol. The molecule has 0 aliphatic carbocycles. The van der Waals surface area contributed by atoms with E-state index in [9.17, 15) is 4.79 Å². The van der Waals surface area contributed by atoms with E-state index >= 15 is 0 Å². The molecule has 0 radical (unpaired) electrons. The number of aromatic nitrogens is 2. The van der Waals surface area contributed by atoms with Crippen LogP contribution in [0.15, 0.2) is 30.5 Å². The fourth-order valence-corrected chi connectivity index (χ4v) is 3.36. The summed E-state index contributed by atoms with van der Waals surface area (Å²) in [6.07, 6.45) is 3.89. The van der Waals surface area contributed by atoms with Crippen molar-refractivity contribution in [1.82, 2.24) is 15.1 Å². The summed E-state index contributed by atoms with van der Waals surface area (Å²) in [6.45, 7) is 3.68. The van der Waals surface area contributed by atoms with Gasteiger partial charge in [-0.15, -0.1) is 0 Å². The Balaban J connectivity index is 1.66. The number of likely N-dealkylation sites (tertiary alicyclic amines) is 1. The van der Waals surface area contributed by atoms with E-state index in [0.29, 0.717) is 11.5 Å². The van der Waals surface area contributed by atoms with Crippen LogP contribution in [0, 0.1) is 0 Å². The third-order valence-electron chi connectivity index (χ3n) is 4.79. The molecule has 2 N–H and O–H groups in total. The number of nitrogens with one attached hydrogen (secondary N) is 2. The number of carbonyl (C=O) groups excluding carboxylic acids is 1. The maximum absolute atomic E-state index is 12.5. The van der Waals surface area contributed by atoms with Gasteiger partial charge in [0.15, 0.2) is 0 Å². The molecule has 1 atom stereocenters. The van der Waals surface area contributed by atoms with E-state index in [-0.39, 0.29) is 5.91 Å². The number of anilines is 1. The van der Waals surface area contributed by atoms with Gasteiger partial charge in [-0.2, -0.15) is 5.10 Å². The minimum atomic E-state index is -0.151. The number of hydrogen-bond acceptors (Lipinski definition) is 5. The fourth-order valence-electron chi connectivity index (χ4n) is 3.36. The smallest absolute Gasteiger partial charge is 0.255 e. The molecule has 1 aliphatic rings. The van der Waals surface area contributed by atoms with Crippen molar-refractivity contribution in [3.05, 3.63) is 41.7 Å². The van der Waals surface area contributed by atoms with Gasteiger partial charge in [-0.25, -0.2) is 0 Å². The van der Waals surface area contributed by atoms with Gasteiger partial charge in [-0.05, 0) is 43.7 Å². The summed E-state index contributed by atoms with van der Waals surface area (Å²) < 4.78 is 10.3. The molecular formula is C19H26N4O3. The first-order valence-electron chi connectivity index (χ1n) is 8.91. The lowest BCUT2D eigenvalue weighted by molar-refractivity contribution is 0.102. The van der Waals surface area contributed by atoms with Crippen molar-refractivity contribution in [2.75, 3.05) is 45.8 Å². The highest BCUT2D eigenvalue weighted by Gasteiger charge is 2.25. The molecule has 1 saturated heterocycles. The van der Waals surface area contributed by atoms with Gasteiger partial charge in [0.05, 0.1) is 31.3 Å². The molecule has 1 aromatic heterocycles. The summed E-state index contributed by atoms with van der Waals surface area (Å²) in [5.41, 5.74) is 2.33. The molecule has 1 unspecified atom stereocenters. The Labute approximate surface area is 153 Å². The first-order chi connectivity index (χ1) is 12.7. The van der Waals surface area contributed by atoms with Crippen molar-refractivity contribution in [1.29, 1.82) is 0 Å². The van der Waals surface area contributed by atoms with Gasteiger partial charge in [0.1, 0.15) is 5.75 Å². The predicted octanol–water partition coefficient (Wildman–Crippen LogP) is 2.50. The molecule has 1 aliphatic heterocycles. The predicted molar refractivity (Wildman–Crippen MR) is 99.8 cm³/mol. The summed E-state index contributed by atoms with van der Waals surface area (Å²) in [7, 11) is 3.33. The van der Waals surface area contributed by atoms with E-state index < -0.39 is 0 Å². The van der Waals surface area contributed by atoms with E-state index in [4.69, 9.17) is 9.47 Å². The Morgan fingerprint density at radius 2 is 2.15 bits per heavy atom. The molecule has 1 fully saturated rings. The number of hydrogen-bond donors (Lipinski definition) is 2. The minimum absolute atomic E-state index is 0.151. The Morgan fingerprint density at radius 3 is 2.88 bits per heavy atom. The van der Waals surface area contributed by atoms with E-state index in [2.05, 4.69) is 20.4 Å². The van der Waals surface area contributed by atoms with Crippen LogP contribution in [0.4, 0.5) is 5.69 Å². The number of benzene rings is 1. The number of nitrogens with zero attached hydrogens (tertiary/aromatic N) is 2. The first kappa shape index (κ1) is 18.4. The lowest BCUT2D eigenvalue weighted by atomic mass is 9.94. The fraction of sp³-hybridized carbons (Fsp3) is 0.474. The van der Waals surface area contributed by atoms with Gasteiger partial charge in [0.2, 0.25) is 0 Å². The van der Waals surface area contributed by atoms with Crippen LogP contribution in [0.25, 0.3) is 0 Å². The van der Waals surface area contributed by atoms with Crippen molar-refractivity contribution in [2.24, 2.45) is 0 Å². The van der Waals surface area contributed by atoms with Crippen LogP contribution in [0.3, 0.4) is 0 Å². The van der Waals surface area contributed by atoms with Gasteiger partial charge < -0.3 is 19.7 Å². The van der Waals surface area contributed by atoms with Gasteiger partial charge >= 0.3 is 0 Å². The Hall–Kier alpha value is -2.38. The molecule has 0 saturated carbocycles. The molecule has 0 bridgehead atoms. The molecule has 0 spiro atoms. The third-order valence-corrected chi connectivity index (χ3v) is 4.79. The molecule has 7 nitrogen and oxygen atoms in total. The minimum Gasteiger partial charge on any atom is -0.497 e. The summed E-state index contributed by atoms with van der Waals surface area (Å²) in [5.74, 6) is 0.903. The third kappa shape index (κ3) is 4.42. The zero-order valence-corrected chi connectivity index (χ0v) is 15.3. The summed E-state index contributed by atoms with van der Waals surface area (Å²) in [4.78, 5) is 14.9. The molecule has 3 rings (SSSR count). The van der Waals surface area contributed by atoms with Crippen LogP contribution in [0.5, 0.6) is 5.75 Å². The van der Waals surface area contributed by atoms with Gasteiger partial charge in [-0.3, -0.25) is 9.89 Å². The summed E-state index contributed by atoms with van der Waals surface area (Å²) in [6, 6.07) is 7.06. The van der Waals surface area contributed by atoms with E-state index in [1.54, 1.807) is 44.7 Å². The Bertz CT molecular complexity index is 714. The van der Waals surface area contributed by atoms with Gasteiger partial charge in [0.25, 0.3) is 5.91 Å². The average Bonchev–Trinajstić information content (AvgIpc) is 3.14. The number of piperidine rings is 1. The van der Waals surface area contributed by atoms with E-state index in [1.165, 1.54) is 0 Å². The van der Waals surface area contributed by atoms with E-state index in [1.807, 2.05) is 0 Å². The zero-order chi connectivity index (χ0) is 18.4. The zero-order valence-electron chi connectivity index (χ0n) is 15.3. The second-order valence-electron chi connectivity index (χ2n) is 6.51. The highest BCUT2D eigenvalue weighted by Crippen LogP contribution is 2.30. The summed E-state index contributed by atoms with van der Waals surface area (Å²) in [5, 5.41) is 10.2. The largest absolute Gasteiger partial charge is 0.497 e.